The second-order valence-corrected chi connectivity index (χ2v) is 11.2. The second-order valence-electron chi connectivity index (χ2n) is 7.76. The van der Waals surface area contributed by atoms with Crippen molar-refractivity contribution in [1.82, 2.24) is 14.5 Å². The Morgan fingerprint density at radius 1 is 1.13 bits per heavy atom. The van der Waals surface area contributed by atoms with Gasteiger partial charge in [-0.1, -0.05) is 17.7 Å². The number of benzene rings is 1. The molecule has 0 spiro atoms. The summed E-state index contributed by atoms with van der Waals surface area (Å²) in [7, 11) is -3.86. The summed E-state index contributed by atoms with van der Waals surface area (Å²) in [6.07, 6.45) is 4.17. The molecular formula is C20H24ClN3O4S2. The van der Waals surface area contributed by atoms with Gasteiger partial charge in [0, 0.05) is 29.4 Å². The Morgan fingerprint density at radius 3 is 2.67 bits per heavy atom. The summed E-state index contributed by atoms with van der Waals surface area (Å²) in [5.74, 6) is -0.396. The third kappa shape index (κ3) is 4.64. The quantitative estimate of drug-likeness (QED) is 0.729. The van der Waals surface area contributed by atoms with Crippen LogP contribution in [0.3, 0.4) is 0 Å². The molecule has 2 fully saturated rings. The Hall–Kier alpha value is -1.68. The highest BCUT2D eigenvalue weighted by Gasteiger charge is 2.34. The van der Waals surface area contributed by atoms with E-state index < -0.39 is 16.1 Å². The Kier molecular flexibility index (Phi) is 6.34. The van der Waals surface area contributed by atoms with E-state index in [0.29, 0.717) is 24.4 Å². The van der Waals surface area contributed by atoms with Crippen LogP contribution < -0.4 is 4.72 Å². The maximum absolute atomic E-state index is 12.9. The molecule has 1 atom stereocenters. The zero-order chi connectivity index (χ0) is 21.3. The van der Waals surface area contributed by atoms with Crippen molar-refractivity contribution in [2.24, 2.45) is 0 Å². The molecule has 1 aromatic heterocycles. The van der Waals surface area contributed by atoms with E-state index in [1.165, 1.54) is 4.90 Å². The van der Waals surface area contributed by atoms with Crippen molar-refractivity contribution in [3.05, 3.63) is 29.3 Å². The highest BCUT2D eigenvalue weighted by molar-refractivity contribution is 7.91. The molecule has 2 aliphatic heterocycles. The number of halogens is 1. The molecule has 0 aliphatic carbocycles. The molecule has 30 heavy (non-hydrogen) atoms. The predicted octanol–water partition coefficient (Wildman–Crippen LogP) is 2.84. The summed E-state index contributed by atoms with van der Waals surface area (Å²) in [4.78, 5) is 28.7. The molecule has 0 bridgehead atoms. The summed E-state index contributed by atoms with van der Waals surface area (Å²) >= 11 is 7.11. The number of hydrogen-bond donors (Lipinski definition) is 1. The molecule has 0 saturated carbocycles. The van der Waals surface area contributed by atoms with Gasteiger partial charge >= 0.3 is 0 Å². The van der Waals surface area contributed by atoms with Crippen LogP contribution in [0.1, 0.15) is 32.1 Å². The van der Waals surface area contributed by atoms with Crippen molar-refractivity contribution in [1.29, 1.82) is 0 Å². The Labute approximate surface area is 185 Å². The molecule has 162 valence electrons. The second kappa shape index (κ2) is 8.82. The van der Waals surface area contributed by atoms with E-state index in [9.17, 15) is 18.0 Å². The summed E-state index contributed by atoms with van der Waals surface area (Å²) in [6, 6.07) is 5.94. The van der Waals surface area contributed by atoms with Crippen molar-refractivity contribution in [2.45, 2.75) is 42.4 Å². The first-order valence-electron chi connectivity index (χ1n) is 10.1. The third-order valence-electron chi connectivity index (χ3n) is 5.59. The van der Waals surface area contributed by atoms with E-state index in [-0.39, 0.29) is 22.6 Å². The first-order valence-corrected chi connectivity index (χ1v) is 12.8. The number of carbonyl (C=O) groups excluding carboxylic acids is 2. The lowest BCUT2D eigenvalue weighted by molar-refractivity contribution is -0.143. The van der Waals surface area contributed by atoms with Gasteiger partial charge in [-0.25, -0.2) is 8.42 Å². The van der Waals surface area contributed by atoms with Crippen LogP contribution in [0.5, 0.6) is 0 Å². The number of hydrogen-bond acceptors (Lipinski definition) is 5. The van der Waals surface area contributed by atoms with Crippen LogP contribution in [0.15, 0.2) is 28.5 Å². The van der Waals surface area contributed by atoms with E-state index in [0.717, 1.165) is 53.8 Å². The SMILES string of the molecule is O=C(CN1CCCC(NS(=O)(=O)c2cc3ccc(Cl)cc3s2)C1=O)N1CCCCC1. The minimum atomic E-state index is -3.86. The smallest absolute Gasteiger partial charge is 0.250 e. The molecule has 1 N–H and O–H groups in total. The van der Waals surface area contributed by atoms with Crippen molar-refractivity contribution in [3.63, 3.8) is 0 Å². The number of rotatable bonds is 5. The maximum Gasteiger partial charge on any atom is 0.250 e. The van der Waals surface area contributed by atoms with Gasteiger partial charge in [-0.05, 0) is 55.7 Å². The van der Waals surface area contributed by atoms with Crippen LogP contribution in [-0.4, -0.2) is 62.3 Å². The van der Waals surface area contributed by atoms with Crippen molar-refractivity contribution < 1.29 is 18.0 Å². The Bertz CT molecular complexity index is 1060. The molecule has 10 heteroatoms. The normalized spacial score (nSPS) is 20.7. The number of amides is 2. The molecular weight excluding hydrogens is 446 g/mol. The molecule has 2 aromatic rings. The fourth-order valence-corrected chi connectivity index (χ4v) is 6.89. The number of piperidine rings is 2. The van der Waals surface area contributed by atoms with Gasteiger partial charge in [0.1, 0.15) is 10.3 Å². The van der Waals surface area contributed by atoms with Crippen molar-refractivity contribution in [2.75, 3.05) is 26.2 Å². The third-order valence-corrected chi connectivity index (χ3v) is 8.87. The number of likely N-dealkylation sites (tertiary alicyclic amines) is 2. The number of sulfonamides is 1. The molecule has 2 saturated heterocycles. The highest BCUT2D eigenvalue weighted by Crippen LogP contribution is 2.31. The van der Waals surface area contributed by atoms with Crippen LogP contribution >= 0.6 is 22.9 Å². The van der Waals surface area contributed by atoms with Gasteiger partial charge in [0.2, 0.25) is 11.8 Å². The van der Waals surface area contributed by atoms with E-state index in [1.807, 2.05) is 0 Å². The number of fused-ring (bicyclic) bond motifs is 1. The van der Waals surface area contributed by atoms with Crippen LogP contribution in [0.25, 0.3) is 10.1 Å². The lowest BCUT2D eigenvalue weighted by Crippen LogP contribution is -2.54. The van der Waals surface area contributed by atoms with Gasteiger partial charge in [0.15, 0.2) is 0 Å². The van der Waals surface area contributed by atoms with Gasteiger partial charge in [-0.3, -0.25) is 9.59 Å². The van der Waals surface area contributed by atoms with E-state index in [1.54, 1.807) is 29.2 Å². The van der Waals surface area contributed by atoms with Gasteiger partial charge in [-0.2, -0.15) is 4.72 Å². The van der Waals surface area contributed by atoms with E-state index in [2.05, 4.69) is 4.72 Å². The molecule has 4 rings (SSSR count). The van der Waals surface area contributed by atoms with Gasteiger partial charge in [0.25, 0.3) is 10.0 Å². The van der Waals surface area contributed by atoms with Crippen LogP contribution in [-0.2, 0) is 19.6 Å². The summed E-state index contributed by atoms with van der Waals surface area (Å²) in [6.45, 7) is 1.94. The zero-order valence-corrected chi connectivity index (χ0v) is 18.9. The number of nitrogens with zero attached hydrogens (tertiary/aromatic N) is 2. The van der Waals surface area contributed by atoms with Crippen LogP contribution in [0.2, 0.25) is 5.02 Å². The first-order chi connectivity index (χ1) is 14.3. The predicted molar refractivity (Wildman–Crippen MR) is 117 cm³/mol. The van der Waals surface area contributed by atoms with Gasteiger partial charge in [-0.15, -0.1) is 11.3 Å². The molecule has 2 aliphatic rings. The van der Waals surface area contributed by atoms with Crippen molar-refractivity contribution in [3.8, 4) is 0 Å². The fourth-order valence-electron chi connectivity index (χ4n) is 3.97. The molecule has 0 radical (unpaired) electrons. The summed E-state index contributed by atoms with van der Waals surface area (Å²) in [5.41, 5.74) is 0. The van der Waals surface area contributed by atoms with Crippen molar-refractivity contribution >= 4 is 54.9 Å². The summed E-state index contributed by atoms with van der Waals surface area (Å²) in [5, 5.41) is 1.33. The number of thiophene rings is 1. The molecule has 2 amide bonds. The van der Waals surface area contributed by atoms with Crippen LogP contribution in [0, 0.1) is 0 Å². The van der Waals surface area contributed by atoms with E-state index >= 15 is 0 Å². The summed E-state index contributed by atoms with van der Waals surface area (Å²) < 4.78 is 29.3. The molecule has 1 unspecified atom stereocenters. The lowest BCUT2D eigenvalue weighted by atomic mass is 10.1. The van der Waals surface area contributed by atoms with Gasteiger partial charge in [0.05, 0.1) is 6.54 Å². The molecule has 7 nitrogen and oxygen atoms in total. The first kappa shape index (κ1) is 21.5. The fraction of sp³-hybridized carbons (Fsp3) is 0.500. The number of nitrogens with one attached hydrogen (secondary N) is 1. The monoisotopic (exact) mass is 469 g/mol. The highest BCUT2D eigenvalue weighted by atomic mass is 35.5. The molecule has 1 aromatic carbocycles. The molecule has 3 heterocycles. The largest absolute Gasteiger partial charge is 0.341 e. The lowest BCUT2D eigenvalue weighted by Gasteiger charge is -2.34. The maximum atomic E-state index is 12.9. The standard InChI is InChI=1S/C20H24ClN3O4S2/c21-15-7-6-14-11-19(29-17(14)12-15)30(27,28)22-16-5-4-10-24(20(16)26)13-18(25)23-8-2-1-3-9-23/h6-7,11-12,16,22H,1-5,8-10,13H2. The topological polar surface area (TPSA) is 86.8 Å². The Morgan fingerprint density at radius 2 is 1.90 bits per heavy atom. The van der Waals surface area contributed by atoms with E-state index in [4.69, 9.17) is 11.6 Å². The minimum Gasteiger partial charge on any atom is -0.341 e. The van der Waals surface area contributed by atoms with Gasteiger partial charge < -0.3 is 9.80 Å². The Balaban J connectivity index is 1.45. The average Bonchev–Trinajstić information content (AvgIpc) is 3.16. The van der Waals surface area contributed by atoms with Crippen LogP contribution in [0.4, 0.5) is 0 Å². The average molecular weight is 470 g/mol. The minimum absolute atomic E-state index is 0.0123. The zero-order valence-electron chi connectivity index (χ0n) is 16.5. The number of carbonyl (C=O) groups is 2.